The van der Waals surface area contributed by atoms with Crippen molar-refractivity contribution in [2.24, 2.45) is 0 Å². The number of rotatable bonds is 5. The van der Waals surface area contributed by atoms with Crippen molar-refractivity contribution in [3.8, 4) is 17.2 Å². The number of hydrogen-bond acceptors (Lipinski definition) is 4. The minimum absolute atomic E-state index is 0.0343. The number of urea groups is 1. The summed E-state index contributed by atoms with van der Waals surface area (Å²) in [6.07, 6.45) is 0.753. The zero-order valence-electron chi connectivity index (χ0n) is 15.9. The van der Waals surface area contributed by atoms with E-state index in [2.05, 4.69) is 34.2 Å². The molecular formula is C22H20N4O3. The zero-order valence-corrected chi connectivity index (χ0v) is 15.9. The van der Waals surface area contributed by atoms with Gasteiger partial charge in [-0.25, -0.2) is 4.79 Å². The number of amides is 4. The number of nitrogens with one attached hydrogen (secondary N) is 3. The zero-order chi connectivity index (χ0) is 20.6. The van der Waals surface area contributed by atoms with Gasteiger partial charge in [-0.2, -0.15) is 5.26 Å². The molecule has 0 bridgehead atoms. The highest BCUT2D eigenvalue weighted by molar-refractivity contribution is 6.08. The second-order valence-corrected chi connectivity index (χ2v) is 7.74. The van der Waals surface area contributed by atoms with E-state index in [-0.39, 0.29) is 24.3 Å². The van der Waals surface area contributed by atoms with Crippen LogP contribution in [0.3, 0.4) is 0 Å². The van der Waals surface area contributed by atoms with Gasteiger partial charge in [0.25, 0.3) is 5.91 Å². The van der Waals surface area contributed by atoms with Gasteiger partial charge in [-0.15, -0.1) is 0 Å². The van der Waals surface area contributed by atoms with Crippen molar-refractivity contribution in [1.82, 2.24) is 16.0 Å². The second kappa shape index (κ2) is 7.06. The Labute approximate surface area is 168 Å². The van der Waals surface area contributed by atoms with E-state index < -0.39 is 17.5 Å². The molecule has 146 valence electrons. The van der Waals surface area contributed by atoms with E-state index in [0.717, 1.165) is 23.1 Å². The maximum atomic E-state index is 12.3. The Hall–Kier alpha value is -3.66. The average molecular weight is 388 g/mol. The van der Waals surface area contributed by atoms with Gasteiger partial charge in [0.15, 0.2) is 0 Å². The summed E-state index contributed by atoms with van der Waals surface area (Å²) in [6, 6.07) is 17.2. The molecule has 1 unspecified atom stereocenters. The fourth-order valence-electron chi connectivity index (χ4n) is 3.67. The quantitative estimate of drug-likeness (QED) is 0.682. The lowest BCUT2D eigenvalue weighted by molar-refractivity contribution is -0.129. The molecule has 1 heterocycles. The maximum absolute atomic E-state index is 12.3. The predicted molar refractivity (Wildman–Crippen MR) is 106 cm³/mol. The second-order valence-electron chi connectivity index (χ2n) is 7.74. The van der Waals surface area contributed by atoms with E-state index in [1.54, 1.807) is 19.1 Å². The summed E-state index contributed by atoms with van der Waals surface area (Å²) in [5.74, 6) is -0.497. The third-order valence-corrected chi connectivity index (χ3v) is 5.45. The fourth-order valence-corrected chi connectivity index (χ4v) is 3.67. The molecular weight excluding hydrogens is 368 g/mol. The smallest absolute Gasteiger partial charge is 0.322 e. The van der Waals surface area contributed by atoms with Crippen molar-refractivity contribution in [3.05, 3.63) is 59.7 Å². The van der Waals surface area contributed by atoms with E-state index in [0.29, 0.717) is 5.56 Å². The summed E-state index contributed by atoms with van der Waals surface area (Å²) < 4.78 is 0. The van der Waals surface area contributed by atoms with Crippen LogP contribution in [0.4, 0.5) is 4.79 Å². The lowest BCUT2D eigenvalue weighted by atomic mass is 9.98. The normalized spacial score (nSPS) is 25.0. The molecule has 1 saturated carbocycles. The highest BCUT2D eigenvalue weighted by Crippen LogP contribution is 2.41. The lowest BCUT2D eigenvalue weighted by Crippen LogP contribution is -2.48. The minimum atomic E-state index is -1.20. The van der Waals surface area contributed by atoms with Gasteiger partial charge in [0, 0.05) is 12.0 Å². The van der Waals surface area contributed by atoms with Crippen LogP contribution in [0.2, 0.25) is 0 Å². The molecule has 7 heteroatoms. The summed E-state index contributed by atoms with van der Waals surface area (Å²) in [6.45, 7) is 1.54. The van der Waals surface area contributed by atoms with Crippen molar-refractivity contribution in [3.63, 3.8) is 0 Å². The monoisotopic (exact) mass is 388 g/mol. The molecule has 3 N–H and O–H groups in total. The molecule has 2 fully saturated rings. The van der Waals surface area contributed by atoms with Crippen LogP contribution < -0.4 is 16.0 Å². The Morgan fingerprint density at radius 2 is 1.76 bits per heavy atom. The van der Waals surface area contributed by atoms with Crippen LogP contribution in [0.1, 0.15) is 36.8 Å². The van der Waals surface area contributed by atoms with Gasteiger partial charge >= 0.3 is 6.03 Å². The third-order valence-electron chi connectivity index (χ3n) is 5.45. The van der Waals surface area contributed by atoms with Gasteiger partial charge in [-0.1, -0.05) is 36.4 Å². The summed E-state index contributed by atoms with van der Waals surface area (Å²) >= 11 is 0. The van der Waals surface area contributed by atoms with Gasteiger partial charge in [-0.05, 0) is 42.2 Å². The standard InChI is InChI=1S/C22H20N4O3/c1-22(20(28)25-21(29)26-22)11-19(27)24-18-10-17(18)16-8-6-15(7-9-16)14-4-2-13(12-23)3-5-14/h2-9,17-18H,10-11H2,1H3,(H,24,27)(H2,25,26,28,29)/t17-,18+,22?/m1/s1. The number of carbonyl (C=O) groups is 3. The van der Waals surface area contributed by atoms with Crippen molar-refractivity contribution >= 4 is 17.8 Å². The van der Waals surface area contributed by atoms with Crippen LogP contribution in [0.5, 0.6) is 0 Å². The first kappa shape index (κ1) is 18.7. The Bertz CT molecular complexity index is 1020. The van der Waals surface area contributed by atoms with Crippen molar-refractivity contribution in [2.45, 2.75) is 37.3 Å². The molecule has 2 aromatic carbocycles. The fraction of sp³-hybridized carbons (Fsp3) is 0.273. The summed E-state index contributed by atoms with van der Waals surface area (Å²) in [7, 11) is 0. The molecule has 29 heavy (non-hydrogen) atoms. The lowest BCUT2D eigenvalue weighted by Gasteiger charge is -2.19. The molecule has 1 aliphatic heterocycles. The molecule has 3 atom stereocenters. The highest BCUT2D eigenvalue weighted by Gasteiger charge is 2.45. The number of hydrogen-bond donors (Lipinski definition) is 3. The molecule has 4 amide bonds. The molecule has 0 radical (unpaired) electrons. The van der Waals surface area contributed by atoms with Crippen LogP contribution >= 0.6 is 0 Å². The molecule has 2 aromatic rings. The summed E-state index contributed by atoms with van der Waals surface area (Å²) in [5.41, 5.74) is 2.68. The molecule has 0 spiro atoms. The summed E-state index contributed by atoms with van der Waals surface area (Å²) in [5, 5.41) is 16.5. The number of imide groups is 1. The highest BCUT2D eigenvalue weighted by atomic mass is 16.2. The van der Waals surface area contributed by atoms with Gasteiger partial charge < -0.3 is 10.6 Å². The molecule has 1 saturated heterocycles. The van der Waals surface area contributed by atoms with Gasteiger partial charge in [0.1, 0.15) is 5.54 Å². The molecule has 7 nitrogen and oxygen atoms in total. The Morgan fingerprint density at radius 3 is 2.31 bits per heavy atom. The van der Waals surface area contributed by atoms with E-state index in [1.807, 2.05) is 24.3 Å². The Balaban J connectivity index is 1.34. The molecule has 1 aliphatic carbocycles. The van der Waals surface area contributed by atoms with E-state index in [1.165, 1.54) is 0 Å². The van der Waals surface area contributed by atoms with Crippen molar-refractivity contribution in [2.75, 3.05) is 0 Å². The van der Waals surface area contributed by atoms with Crippen LogP contribution in [0, 0.1) is 11.3 Å². The van der Waals surface area contributed by atoms with Gasteiger partial charge in [-0.3, -0.25) is 14.9 Å². The Kier molecular flexibility index (Phi) is 4.55. The van der Waals surface area contributed by atoms with Crippen LogP contribution in [-0.2, 0) is 9.59 Å². The average Bonchev–Trinajstić information content (AvgIpc) is 3.41. The SMILES string of the molecule is CC1(CC(=O)N[C@H]2C[C@@H]2c2ccc(-c3ccc(C#N)cc3)cc2)NC(=O)NC1=O. The maximum Gasteiger partial charge on any atom is 0.322 e. The van der Waals surface area contributed by atoms with Crippen molar-refractivity contribution in [1.29, 1.82) is 5.26 Å². The topological polar surface area (TPSA) is 111 Å². The van der Waals surface area contributed by atoms with Crippen LogP contribution in [0.25, 0.3) is 11.1 Å². The summed E-state index contributed by atoms with van der Waals surface area (Å²) in [4.78, 5) is 35.4. The van der Waals surface area contributed by atoms with E-state index in [4.69, 9.17) is 5.26 Å². The Morgan fingerprint density at radius 1 is 1.14 bits per heavy atom. The first-order valence-corrected chi connectivity index (χ1v) is 9.41. The minimum Gasteiger partial charge on any atom is -0.353 e. The van der Waals surface area contributed by atoms with E-state index >= 15 is 0 Å². The molecule has 4 rings (SSSR count). The largest absolute Gasteiger partial charge is 0.353 e. The molecule has 0 aromatic heterocycles. The first-order valence-electron chi connectivity index (χ1n) is 9.41. The van der Waals surface area contributed by atoms with Gasteiger partial charge in [0.05, 0.1) is 18.1 Å². The predicted octanol–water partition coefficient (Wildman–Crippen LogP) is 2.19. The van der Waals surface area contributed by atoms with Gasteiger partial charge in [0.2, 0.25) is 5.91 Å². The van der Waals surface area contributed by atoms with Crippen molar-refractivity contribution < 1.29 is 14.4 Å². The number of benzene rings is 2. The van der Waals surface area contributed by atoms with Crippen LogP contribution in [0.15, 0.2) is 48.5 Å². The number of nitrogens with zero attached hydrogens (tertiary/aromatic N) is 1. The van der Waals surface area contributed by atoms with E-state index in [9.17, 15) is 14.4 Å². The molecule has 2 aliphatic rings. The number of nitriles is 1. The van der Waals surface area contributed by atoms with Crippen LogP contribution in [-0.4, -0.2) is 29.4 Å². The third kappa shape index (κ3) is 3.83. The number of carbonyl (C=O) groups excluding carboxylic acids is 3. The first-order chi connectivity index (χ1) is 13.9.